The first-order chi connectivity index (χ1) is 10.6. The lowest BCUT2D eigenvalue weighted by atomic mass is 9.98. The Morgan fingerprint density at radius 1 is 1.23 bits per heavy atom. The van der Waals surface area contributed by atoms with Gasteiger partial charge in [-0.3, -0.25) is 4.79 Å². The molecular formula is C17H26N2O3. The van der Waals surface area contributed by atoms with E-state index in [9.17, 15) is 4.79 Å². The predicted molar refractivity (Wildman–Crippen MR) is 86.3 cm³/mol. The van der Waals surface area contributed by atoms with Gasteiger partial charge in [-0.2, -0.15) is 0 Å². The van der Waals surface area contributed by atoms with E-state index in [1.54, 1.807) is 14.2 Å². The van der Waals surface area contributed by atoms with Crippen LogP contribution >= 0.6 is 0 Å². The minimum Gasteiger partial charge on any atom is -0.493 e. The summed E-state index contributed by atoms with van der Waals surface area (Å²) in [6, 6.07) is 5.90. The highest BCUT2D eigenvalue weighted by Gasteiger charge is 2.36. The molecule has 0 bridgehead atoms. The van der Waals surface area contributed by atoms with Gasteiger partial charge in [0.1, 0.15) is 0 Å². The van der Waals surface area contributed by atoms with Crippen LogP contribution in [0.2, 0.25) is 0 Å². The van der Waals surface area contributed by atoms with Crippen LogP contribution in [0.3, 0.4) is 0 Å². The lowest BCUT2D eigenvalue weighted by Crippen LogP contribution is -2.52. The number of rotatable bonds is 7. The van der Waals surface area contributed by atoms with Crippen LogP contribution in [0.1, 0.15) is 37.7 Å². The number of amides is 1. The molecule has 1 amide bonds. The van der Waals surface area contributed by atoms with Crippen molar-refractivity contribution in [3.05, 3.63) is 23.8 Å². The van der Waals surface area contributed by atoms with Crippen LogP contribution in [0, 0.1) is 0 Å². The summed E-state index contributed by atoms with van der Waals surface area (Å²) in [5, 5.41) is 2.97. The largest absolute Gasteiger partial charge is 0.493 e. The summed E-state index contributed by atoms with van der Waals surface area (Å²) < 4.78 is 10.5. The molecule has 0 atom stereocenters. The van der Waals surface area contributed by atoms with Crippen molar-refractivity contribution in [2.45, 2.75) is 44.1 Å². The summed E-state index contributed by atoms with van der Waals surface area (Å²) in [7, 11) is 3.25. The smallest absolute Gasteiger partial charge is 0.240 e. The van der Waals surface area contributed by atoms with Crippen molar-refractivity contribution in [3.63, 3.8) is 0 Å². The fourth-order valence-corrected chi connectivity index (χ4v) is 2.94. The summed E-state index contributed by atoms with van der Waals surface area (Å²) in [5.41, 5.74) is 6.65. The number of ether oxygens (including phenoxy) is 2. The number of carbonyl (C=O) groups is 1. The zero-order chi connectivity index (χ0) is 16.0. The molecule has 1 aliphatic carbocycles. The molecule has 0 saturated heterocycles. The first-order valence-electron chi connectivity index (χ1n) is 7.87. The number of nitrogens with one attached hydrogen (secondary N) is 1. The van der Waals surface area contributed by atoms with E-state index in [1.807, 2.05) is 18.2 Å². The second-order valence-electron chi connectivity index (χ2n) is 5.91. The van der Waals surface area contributed by atoms with Gasteiger partial charge in [0, 0.05) is 6.54 Å². The van der Waals surface area contributed by atoms with Gasteiger partial charge in [0.15, 0.2) is 11.5 Å². The van der Waals surface area contributed by atoms with Gasteiger partial charge in [0.05, 0.1) is 19.8 Å². The quantitative estimate of drug-likeness (QED) is 0.756. The number of aryl methyl sites for hydroxylation is 1. The molecule has 1 aromatic rings. The van der Waals surface area contributed by atoms with Gasteiger partial charge in [-0.1, -0.05) is 18.9 Å². The highest BCUT2D eigenvalue weighted by atomic mass is 16.5. The molecule has 0 spiro atoms. The van der Waals surface area contributed by atoms with Crippen molar-refractivity contribution < 1.29 is 14.3 Å². The topological polar surface area (TPSA) is 73.6 Å². The zero-order valence-electron chi connectivity index (χ0n) is 13.5. The van der Waals surface area contributed by atoms with Crippen LogP contribution in [-0.4, -0.2) is 32.2 Å². The number of nitrogens with two attached hydrogens (primary N) is 1. The van der Waals surface area contributed by atoms with Crippen LogP contribution in [0.4, 0.5) is 0 Å². The Bertz CT molecular complexity index is 511. The molecule has 5 nitrogen and oxygen atoms in total. The molecule has 0 aromatic heterocycles. The Kier molecular flexibility index (Phi) is 5.66. The van der Waals surface area contributed by atoms with E-state index in [0.717, 1.165) is 55.6 Å². The lowest BCUT2D eigenvalue weighted by molar-refractivity contribution is -0.126. The van der Waals surface area contributed by atoms with E-state index in [0.29, 0.717) is 6.54 Å². The highest BCUT2D eigenvalue weighted by Crippen LogP contribution is 2.28. The van der Waals surface area contributed by atoms with Gasteiger partial charge in [-0.05, 0) is 43.4 Å². The van der Waals surface area contributed by atoms with Crippen LogP contribution in [0.5, 0.6) is 11.5 Å². The third kappa shape index (κ3) is 3.91. The Hall–Kier alpha value is -1.75. The van der Waals surface area contributed by atoms with Gasteiger partial charge in [-0.15, -0.1) is 0 Å². The molecule has 22 heavy (non-hydrogen) atoms. The second-order valence-corrected chi connectivity index (χ2v) is 5.91. The molecule has 1 aliphatic rings. The van der Waals surface area contributed by atoms with Gasteiger partial charge >= 0.3 is 0 Å². The Labute approximate surface area is 132 Å². The molecule has 0 aliphatic heterocycles. The SMILES string of the molecule is COc1ccc(CCCNC(=O)C2(N)CCCC2)cc1OC. The minimum atomic E-state index is -0.636. The minimum absolute atomic E-state index is 0.00249. The third-order valence-electron chi connectivity index (χ3n) is 4.32. The normalized spacial score (nSPS) is 16.3. The molecule has 1 aromatic carbocycles. The zero-order valence-corrected chi connectivity index (χ0v) is 13.5. The maximum absolute atomic E-state index is 12.1. The van der Waals surface area contributed by atoms with E-state index in [2.05, 4.69) is 5.32 Å². The molecule has 1 saturated carbocycles. The lowest BCUT2D eigenvalue weighted by Gasteiger charge is -2.22. The Balaban J connectivity index is 1.78. The Morgan fingerprint density at radius 3 is 2.55 bits per heavy atom. The number of benzene rings is 1. The third-order valence-corrected chi connectivity index (χ3v) is 4.32. The molecular weight excluding hydrogens is 280 g/mol. The summed E-state index contributed by atoms with van der Waals surface area (Å²) in [4.78, 5) is 12.1. The fraction of sp³-hybridized carbons (Fsp3) is 0.588. The van der Waals surface area contributed by atoms with Gasteiger partial charge in [0.25, 0.3) is 0 Å². The molecule has 5 heteroatoms. The van der Waals surface area contributed by atoms with Gasteiger partial charge < -0.3 is 20.5 Å². The number of hydrogen-bond acceptors (Lipinski definition) is 4. The van der Waals surface area contributed by atoms with E-state index in [-0.39, 0.29) is 5.91 Å². The monoisotopic (exact) mass is 306 g/mol. The fourth-order valence-electron chi connectivity index (χ4n) is 2.94. The molecule has 0 unspecified atom stereocenters. The summed E-state index contributed by atoms with van der Waals surface area (Å²) >= 11 is 0. The van der Waals surface area contributed by atoms with Crippen molar-refractivity contribution in [3.8, 4) is 11.5 Å². The molecule has 2 rings (SSSR count). The van der Waals surface area contributed by atoms with Gasteiger partial charge in [0.2, 0.25) is 5.91 Å². The molecule has 122 valence electrons. The summed E-state index contributed by atoms with van der Waals surface area (Å²) in [6.45, 7) is 0.645. The van der Waals surface area contributed by atoms with Crippen molar-refractivity contribution in [2.24, 2.45) is 5.73 Å². The van der Waals surface area contributed by atoms with E-state index >= 15 is 0 Å². The van der Waals surface area contributed by atoms with Crippen molar-refractivity contribution in [2.75, 3.05) is 20.8 Å². The van der Waals surface area contributed by atoms with E-state index < -0.39 is 5.54 Å². The molecule has 0 radical (unpaired) electrons. The van der Waals surface area contributed by atoms with Crippen LogP contribution in [-0.2, 0) is 11.2 Å². The van der Waals surface area contributed by atoms with Crippen LogP contribution in [0.15, 0.2) is 18.2 Å². The van der Waals surface area contributed by atoms with Crippen LogP contribution in [0.25, 0.3) is 0 Å². The average molecular weight is 306 g/mol. The summed E-state index contributed by atoms with van der Waals surface area (Å²) in [6.07, 6.45) is 5.45. The summed E-state index contributed by atoms with van der Waals surface area (Å²) in [5.74, 6) is 1.46. The second kappa shape index (κ2) is 7.49. The maximum atomic E-state index is 12.1. The first kappa shape index (κ1) is 16.6. The van der Waals surface area contributed by atoms with Crippen molar-refractivity contribution >= 4 is 5.91 Å². The standard InChI is InChI=1S/C17H26N2O3/c1-21-14-8-7-13(12-15(14)22-2)6-5-11-19-16(20)17(18)9-3-4-10-17/h7-8,12H,3-6,9-11,18H2,1-2H3,(H,19,20). The highest BCUT2D eigenvalue weighted by molar-refractivity contribution is 5.86. The van der Waals surface area contributed by atoms with Crippen molar-refractivity contribution in [1.29, 1.82) is 0 Å². The average Bonchev–Trinajstić information content (AvgIpc) is 2.99. The van der Waals surface area contributed by atoms with Crippen LogP contribution < -0.4 is 20.5 Å². The van der Waals surface area contributed by atoms with Crippen molar-refractivity contribution in [1.82, 2.24) is 5.32 Å². The Morgan fingerprint density at radius 2 is 1.91 bits per heavy atom. The van der Waals surface area contributed by atoms with E-state index in [4.69, 9.17) is 15.2 Å². The molecule has 3 N–H and O–H groups in total. The first-order valence-corrected chi connectivity index (χ1v) is 7.87. The molecule has 1 fully saturated rings. The molecule has 0 heterocycles. The predicted octanol–water partition coefficient (Wildman–Crippen LogP) is 2.02. The maximum Gasteiger partial charge on any atom is 0.240 e. The number of carbonyl (C=O) groups excluding carboxylic acids is 1. The number of methoxy groups -OCH3 is 2. The number of hydrogen-bond donors (Lipinski definition) is 2. The van der Waals surface area contributed by atoms with Gasteiger partial charge in [-0.25, -0.2) is 0 Å². The van der Waals surface area contributed by atoms with E-state index in [1.165, 1.54) is 0 Å².